The quantitative estimate of drug-likeness (QED) is 0.201. The molecule has 1 amide bonds. The Morgan fingerprint density at radius 3 is 2.51 bits per heavy atom. The van der Waals surface area contributed by atoms with Crippen LogP contribution in [0, 0.1) is 5.92 Å². The first kappa shape index (κ1) is 26.8. The van der Waals surface area contributed by atoms with Gasteiger partial charge in [0.15, 0.2) is 0 Å². The summed E-state index contributed by atoms with van der Waals surface area (Å²) in [6, 6.07) is 17.6. The SMILES string of the molecule is CCOC(=O)[C@H](COCCCO)C[C@@H](Cc1ccc(-c2ccccc2)cc1)NC(=O)C1CNNN1. The molecule has 35 heavy (non-hydrogen) atoms. The lowest BCUT2D eigenvalue weighted by atomic mass is 9.94. The van der Waals surface area contributed by atoms with E-state index >= 15 is 0 Å². The van der Waals surface area contributed by atoms with Crippen LogP contribution in [0.15, 0.2) is 54.6 Å². The number of benzene rings is 2. The van der Waals surface area contributed by atoms with Gasteiger partial charge >= 0.3 is 5.97 Å². The minimum atomic E-state index is -0.532. The molecule has 3 rings (SSSR count). The second-order valence-electron chi connectivity index (χ2n) is 8.51. The van der Waals surface area contributed by atoms with E-state index in [2.05, 4.69) is 58.1 Å². The van der Waals surface area contributed by atoms with Crippen LogP contribution >= 0.6 is 0 Å². The summed E-state index contributed by atoms with van der Waals surface area (Å²) in [5.41, 5.74) is 11.8. The van der Waals surface area contributed by atoms with E-state index in [9.17, 15) is 9.59 Å². The lowest BCUT2D eigenvalue weighted by molar-refractivity contribution is -0.151. The number of carbonyl (C=O) groups excluding carboxylic acids is 2. The van der Waals surface area contributed by atoms with Crippen LogP contribution in [0.3, 0.4) is 0 Å². The maximum absolute atomic E-state index is 12.8. The van der Waals surface area contributed by atoms with Crippen LogP contribution in [-0.2, 0) is 25.5 Å². The number of rotatable bonds is 14. The molecule has 1 aliphatic heterocycles. The number of hydrogen-bond donors (Lipinski definition) is 5. The molecule has 9 heteroatoms. The molecule has 0 aromatic heterocycles. The van der Waals surface area contributed by atoms with Gasteiger partial charge in [0.2, 0.25) is 5.91 Å². The van der Waals surface area contributed by atoms with Crippen molar-refractivity contribution in [2.24, 2.45) is 5.92 Å². The van der Waals surface area contributed by atoms with Crippen LogP contribution in [0.4, 0.5) is 0 Å². The second kappa shape index (κ2) is 14.6. The molecule has 1 saturated heterocycles. The summed E-state index contributed by atoms with van der Waals surface area (Å²) in [5.74, 6) is -1.04. The van der Waals surface area contributed by atoms with E-state index in [4.69, 9.17) is 14.6 Å². The number of ether oxygens (including phenoxy) is 2. The van der Waals surface area contributed by atoms with E-state index in [1.165, 1.54) is 0 Å². The van der Waals surface area contributed by atoms with Crippen molar-refractivity contribution in [1.82, 2.24) is 21.7 Å². The molecule has 3 atom stereocenters. The molecule has 0 radical (unpaired) electrons. The highest BCUT2D eigenvalue weighted by molar-refractivity contribution is 5.82. The monoisotopic (exact) mass is 484 g/mol. The van der Waals surface area contributed by atoms with Gasteiger partial charge in [-0.1, -0.05) is 54.6 Å². The highest BCUT2D eigenvalue weighted by Crippen LogP contribution is 2.21. The van der Waals surface area contributed by atoms with Gasteiger partial charge in [-0.05, 0) is 42.9 Å². The zero-order valence-corrected chi connectivity index (χ0v) is 20.2. The molecule has 190 valence electrons. The Labute approximate surface area is 206 Å². The van der Waals surface area contributed by atoms with E-state index in [1.54, 1.807) is 6.92 Å². The van der Waals surface area contributed by atoms with Crippen molar-refractivity contribution in [3.05, 3.63) is 60.2 Å². The molecular formula is C26H36N4O5. The van der Waals surface area contributed by atoms with Crippen LogP contribution in [0.25, 0.3) is 11.1 Å². The van der Waals surface area contributed by atoms with Crippen molar-refractivity contribution in [2.45, 2.75) is 38.3 Å². The van der Waals surface area contributed by atoms with Gasteiger partial charge in [-0.25, -0.2) is 10.9 Å². The molecule has 1 unspecified atom stereocenters. The molecule has 2 aromatic rings. The highest BCUT2D eigenvalue weighted by Gasteiger charge is 2.29. The Morgan fingerprint density at radius 2 is 1.86 bits per heavy atom. The van der Waals surface area contributed by atoms with Crippen LogP contribution in [0.5, 0.6) is 0 Å². The molecular weight excluding hydrogens is 448 g/mol. The first-order chi connectivity index (χ1) is 17.1. The zero-order valence-electron chi connectivity index (χ0n) is 20.2. The summed E-state index contributed by atoms with van der Waals surface area (Å²) < 4.78 is 10.9. The summed E-state index contributed by atoms with van der Waals surface area (Å²) in [7, 11) is 0. The normalized spacial score (nSPS) is 17.0. The number of hydrogen-bond acceptors (Lipinski definition) is 8. The Hall–Kier alpha value is -2.82. The molecule has 0 aliphatic carbocycles. The fourth-order valence-electron chi connectivity index (χ4n) is 3.97. The lowest BCUT2D eigenvalue weighted by Crippen LogP contribution is -2.49. The summed E-state index contributed by atoms with van der Waals surface area (Å²) in [5, 5.41) is 12.1. The number of hydrazine groups is 2. The number of esters is 1. The average molecular weight is 485 g/mol. The minimum absolute atomic E-state index is 0.0260. The van der Waals surface area contributed by atoms with Crippen molar-refractivity contribution in [1.29, 1.82) is 0 Å². The van der Waals surface area contributed by atoms with Gasteiger partial charge in [0.25, 0.3) is 0 Å². The molecule has 1 fully saturated rings. The van der Waals surface area contributed by atoms with Gasteiger partial charge in [0.1, 0.15) is 6.04 Å². The summed E-state index contributed by atoms with van der Waals surface area (Å²) in [6.07, 6.45) is 1.43. The molecule has 9 nitrogen and oxygen atoms in total. The van der Waals surface area contributed by atoms with Crippen molar-refractivity contribution in [3.63, 3.8) is 0 Å². The van der Waals surface area contributed by atoms with Crippen molar-refractivity contribution in [2.75, 3.05) is 33.0 Å². The molecule has 1 heterocycles. The average Bonchev–Trinajstić information content (AvgIpc) is 3.42. The van der Waals surface area contributed by atoms with E-state index in [0.717, 1.165) is 16.7 Å². The highest BCUT2D eigenvalue weighted by atomic mass is 16.5. The number of aliphatic hydroxyl groups is 1. The van der Waals surface area contributed by atoms with Gasteiger partial charge in [-0.3, -0.25) is 9.59 Å². The van der Waals surface area contributed by atoms with E-state index in [1.807, 2.05) is 18.2 Å². The number of aliphatic hydroxyl groups excluding tert-OH is 1. The smallest absolute Gasteiger partial charge is 0.311 e. The van der Waals surface area contributed by atoms with E-state index < -0.39 is 12.0 Å². The summed E-state index contributed by atoms with van der Waals surface area (Å²) >= 11 is 0. The molecule has 0 saturated carbocycles. The first-order valence-electron chi connectivity index (χ1n) is 12.1. The van der Waals surface area contributed by atoms with Gasteiger partial charge in [0.05, 0.1) is 19.1 Å². The minimum Gasteiger partial charge on any atom is -0.466 e. The third kappa shape index (κ3) is 8.72. The molecule has 0 spiro atoms. The Bertz CT molecular complexity index is 904. The number of carbonyl (C=O) groups is 2. The molecule has 2 aromatic carbocycles. The van der Waals surface area contributed by atoms with Gasteiger partial charge in [-0.2, -0.15) is 5.53 Å². The van der Waals surface area contributed by atoms with Crippen molar-refractivity contribution < 1.29 is 24.2 Å². The Balaban J connectivity index is 1.72. The largest absolute Gasteiger partial charge is 0.466 e. The van der Waals surface area contributed by atoms with Crippen LogP contribution < -0.4 is 21.7 Å². The van der Waals surface area contributed by atoms with Gasteiger partial charge in [0, 0.05) is 25.8 Å². The number of amides is 1. The summed E-state index contributed by atoms with van der Waals surface area (Å²) in [4.78, 5) is 25.5. The van der Waals surface area contributed by atoms with Crippen molar-refractivity contribution >= 4 is 11.9 Å². The maximum atomic E-state index is 12.8. The topological polar surface area (TPSA) is 121 Å². The lowest BCUT2D eigenvalue weighted by Gasteiger charge is -2.25. The van der Waals surface area contributed by atoms with E-state index in [-0.39, 0.29) is 37.7 Å². The predicted octanol–water partition coefficient (Wildman–Crippen LogP) is 1.33. The molecule has 1 aliphatic rings. The third-order valence-corrected chi connectivity index (χ3v) is 5.80. The van der Waals surface area contributed by atoms with Crippen LogP contribution in [-0.4, -0.2) is 62.0 Å². The van der Waals surface area contributed by atoms with Crippen molar-refractivity contribution in [3.8, 4) is 11.1 Å². The maximum Gasteiger partial charge on any atom is 0.311 e. The standard InChI is InChI=1S/C26H36N4O5/c1-2-35-26(33)22(18-34-14-6-13-31)16-23(28-25(32)24-17-27-30-29-24)15-19-9-11-21(12-10-19)20-7-4-3-5-8-20/h3-5,7-12,22-24,27,29-31H,2,6,13-18H2,1H3,(H,28,32)/t22-,23+,24?/m0/s1. The van der Waals surface area contributed by atoms with Crippen LogP contribution in [0.1, 0.15) is 25.3 Å². The Morgan fingerprint density at radius 1 is 1.11 bits per heavy atom. The number of nitrogens with one attached hydrogen (secondary N) is 4. The van der Waals surface area contributed by atoms with Gasteiger partial charge < -0.3 is 19.9 Å². The fraction of sp³-hybridized carbons (Fsp3) is 0.462. The molecule has 0 bridgehead atoms. The van der Waals surface area contributed by atoms with Gasteiger partial charge in [-0.15, -0.1) is 0 Å². The predicted molar refractivity (Wildman–Crippen MR) is 133 cm³/mol. The Kier molecular flexibility index (Phi) is 11.1. The molecule has 5 N–H and O–H groups in total. The van der Waals surface area contributed by atoms with E-state index in [0.29, 0.717) is 32.4 Å². The first-order valence-corrected chi connectivity index (χ1v) is 12.1. The zero-order chi connectivity index (χ0) is 24.9. The second-order valence-corrected chi connectivity index (χ2v) is 8.51. The third-order valence-electron chi connectivity index (χ3n) is 5.80. The summed E-state index contributed by atoms with van der Waals surface area (Å²) in [6.45, 7) is 3.04. The van der Waals surface area contributed by atoms with Crippen LogP contribution in [0.2, 0.25) is 0 Å². The fourth-order valence-corrected chi connectivity index (χ4v) is 3.97.